The number of hydrogen-bond donors (Lipinski definition) is 1. The first-order valence-electron chi connectivity index (χ1n) is 5.83. The summed E-state index contributed by atoms with van der Waals surface area (Å²) in [6, 6.07) is 0. The molecule has 3 heterocycles. The molecular weight excluding hydrogens is 216 g/mol. The van der Waals surface area contributed by atoms with Crippen LogP contribution >= 0.6 is 0 Å². The molecule has 88 valence electrons. The Labute approximate surface area is 98.9 Å². The molecule has 1 saturated heterocycles. The van der Waals surface area contributed by atoms with Crippen LogP contribution in [0.1, 0.15) is 19.3 Å². The summed E-state index contributed by atoms with van der Waals surface area (Å²) < 4.78 is 0. The fraction of sp³-hybridized carbons (Fsp3) is 0.455. The van der Waals surface area contributed by atoms with Crippen molar-refractivity contribution >= 4 is 22.8 Å². The lowest BCUT2D eigenvalue weighted by Gasteiger charge is -2.26. The molecule has 0 bridgehead atoms. The molecule has 0 saturated carbocycles. The molecule has 1 aliphatic rings. The predicted octanol–water partition coefficient (Wildman–Crippen LogP) is 0.992. The predicted molar refractivity (Wildman–Crippen MR) is 65.6 cm³/mol. The van der Waals surface area contributed by atoms with Crippen LogP contribution in [0.2, 0.25) is 0 Å². The van der Waals surface area contributed by atoms with Crippen LogP contribution in [0.15, 0.2) is 12.5 Å². The summed E-state index contributed by atoms with van der Waals surface area (Å²) in [4.78, 5) is 19.0. The Morgan fingerprint density at radius 2 is 1.88 bits per heavy atom. The molecule has 2 N–H and O–H groups in total. The molecule has 0 radical (unpaired) electrons. The molecule has 6 heteroatoms. The second kappa shape index (κ2) is 4.12. The Kier molecular flexibility index (Phi) is 2.47. The monoisotopic (exact) mass is 230 g/mol. The Hall–Kier alpha value is -1.98. The first kappa shape index (κ1) is 10.2. The number of anilines is 2. The molecule has 3 rings (SSSR count). The highest BCUT2D eigenvalue weighted by molar-refractivity contribution is 5.84. The molecule has 0 atom stereocenters. The van der Waals surface area contributed by atoms with E-state index in [0.717, 1.165) is 19.0 Å². The van der Waals surface area contributed by atoms with E-state index in [1.54, 1.807) is 6.20 Å². The lowest BCUT2D eigenvalue weighted by atomic mass is 10.1. The highest BCUT2D eigenvalue weighted by Crippen LogP contribution is 2.19. The van der Waals surface area contributed by atoms with Gasteiger partial charge in [-0.2, -0.15) is 4.98 Å². The lowest BCUT2D eigenvalue weighted by molar-refractivity contribution is 0.569. The Morgan fingerprint density at radius 3 is 2.71 bits per heavy atom. The van der Waals surface area contributed by atoms with E-state index in [1.807, 2.05) is 0 Å². The minimum Gasteiger partial charge on any atom is -0.383 e. The minimum absolute atomic E-state index is 0.431. The SMILES string of the molecule is Nc1ncnc2nc(N3CCCCC3)ncc12. The van der Waals surface area contributed by atoms with E-state index in [4.69, 9.17) is 5.73 Å². The van der Waals surface area contributed by atoms with Crippen LogP contribution in [0, 0.1) is 0 Å². The van der Waals surface area contributed by atoms with Crippen molar-refractivity contribution in [2.75, 3.05) is 23.7 Å². The number of nitrogens with two attached hydrogens (primary N) is 1. The van der Waals surface area contributed by atoms with Crippen molar-refractivity contribution in [2.24, 2.45) is 0 Å². The molecule has 0 amide bonds. The quantitative estimate of drug-likeness (QED) is 0.787. The van der Waals surface area contributed by atoms with Gasteiger partial charge in [0, 0.05) is 19.3 Å². The number of fused-ring (bicyclic) bond motifs is 1. The average Bonchev–Trinajstić information content (AvgIpc) is 2.40. The van der Waals surface area contributed by atoms with Gasteiger partial charge in [0.05, 0.1) is 5.39 Å². The Bertz CT molecular complexity index is 534. The third-order valence-electron chi connectivity index (χ3n) is 3.05. The smallest absolute Gasteiger partial charge is 0.227 e. The minimum atomic E-state index is 0.431. The molecule has 6 nitrogen and oxygen atoms in total. The summed E-state index contributed by atoms with van der Waals surface area (Å²) in [5.41, 5.74) is 6.36. The first-order chi connectivity index (χ1) is 8.34. The van der Waals surface area contributed by atoms with E-state index < -0.39 is 0 Å². The van der Waals surface area contributed by atoms with Crippen LogP contribution in [0.4, 0.5) is 11.8 Å². The molecule has 17 heavy (non-hydrogen) atoms. The highest BCUT2D eigenvalue weighted by atomic mass is 15.3. The van der Waals surface area contributed by atoms with Crippen LogP contribution in [0.3, 0.4) is 0 Å². The first-order valence-corrected chi connectivity index (χ1v) is 5.83. The lowest BCUT2D eigenvalue weighted by Crippen LogP contribution is -2.30. The standard InChI is InChI=1S/C11H14N6/c12-9-8-6-13-11(16-10(8)15-7-14-9)17-4-2-1-3-5-17/h6-7H,1-5H2,(H2,12,13,14,15,16). The summed E-state index contributed by atoms with van der Waals surface area (Å²) >= 11 is 0. The fourth-order valence-corrected chi connectivity index (χ4v) is 2.10. The van der Waals surface area contributed by atoms with Crippen molar-refractivity contribution < 1.29 is 0 Å². The van der Waals surface area contributed by atoms with Gasteiger partial charge in [-0.3, -0.25) is 0 Å². The second-order valence-electron chi connectivity index (χ2n) is 4.21. The summed E-state index contributed by atoms with van der Waals surface area (Å²) in [5.74, 6) is 1.18. The van der Waals surface area contributed by atoms with E-state index in [1.165, 1.54) is 25.6 Å². The fourth-order valence-electron chi connectivity index (χ4n) is 2.10. The van der Waals surface area contributed by atoms with Gasteiger partial charge in [0.25, 0.3) is 0 Å². The maximum Gasteiger partial charge on any atom is 0.227 e. The van der Waals surface area contributed by atoms with Gasteiger partial charge in [-0.05, 0) is 19.3 Å². The van der Waals surface area contributed by atoms with Gasteiger partial charge in [0.1, 0.15) is 12.1 Å². The molecular formula is C11H14N6. The molecule has 0 unspecified atom stereocenters. The largest absolute Gasteiger partial charge is 0.383 e. The molecule has 1 aliphatic heterocycles. The van der Waals surface area contributed by atoms with Gasteiger partial charge in [-0.1, -0.05) is 0 Å². The van der Waals surface area contributed by atoms with Crippen molar-refractivity contribution in [3.05, 3.63) is 12.5 Å². The number of aromatic nitrogens is 4. The third-order valence-corrected chi connectivity index (χ3v) is 3.05. The van der Waals surface area contributed by atoms with Crippen LogP contribution in [0.5, 0.6) is 0 Å². The third kappa shape index (κ3) is 1.86. The van der Waals surface area contributed by atoms with Gasteiger partial charge in [-0.15, -0.1) is 0 Å². The summed E-state index contributed by atoms with van der Waals surface area (Å²) in [5, 5.41) is 0.716. The average molecular weight is 230 g/mol. The normalized spacial score (nSPS) is 16.4. The van der Waals surface area contributed by atoms with E-state index in [9.17, 15) is 0 Å². The molecule has 0 aromatic carbocycles. The molecule has 0 aliphatic carbocycles. The Morgan fingerprint density at radius 1 is 1.06 bits per heavy atom. The van der Waals surface area contributed by atoms with Gasteiger partial charge in [0.2, 0.25) is 5.95 Å². The van der Waals surface area contributed by atoms with E-state index in [0.29, 0.717) is 16.9 Å². The second-order valence-corrected chi connectivity index (χ2v) is 4.21. The van der Waals surface area contributed by atoms with Crippen LogP contribution in [-0.2, 0) is 0 Å². The van der Waals surface area contributed by atoms with Crippen molar-refractivity contribution in [3.63, 3.8) is 0 Å². The van der Waals surface area contributed by atoms with E-state index >= 15 is 0 Å². The number of piperidine rings is 1. The molecule has 0 spiro atoms. The van der Waals surface area contributed by atoms with Gasteiger partial charge in [-0.25, -0.2) is 15.0 Å². The molecule has 2 aromatic heterocycles. The maximum absolute atomic E-state index is 5.74. The van der Waals surface area contributed by atoms with Crippen LogP contribution < -0.4 is 10.6 Å². The summed E-state index contributed by atoms with van der Waals surface area (Å²) in [6.45, 7) is 2.04. The summed E-state index contributed by atoms with van der Waals surface area (Å²) in [6.07, 6.45) is 6.84. The van der Waals surface area contributed by atoms with Gasteiger partial charge in [0.15, 0.2) is 5.65 Å². The van der Waals surface area contributed by atoms with Crippen molar-refractivity contribution in [1.29, 1.82) is 0 Å². The number of hydrogen-bond acceptors (Lipinski definition) is 6. The van der Waals surface area contributed by atoms with E-state index in [-0.39, 0.29) is 0 Å². The van der Waals surface area contributed by atoms with Gasteiger partial charge < -0.3 is 10.6 Å². The number of rotatable bonds is 1. The van der Waals surface area contributed by atoms with Crippen LogP contribution in [-0.4, -0.2) is 33.0 Å². The topological polar surface area (TPSA) is 80.8 Å². The zero-order chi connectivity index (χ0) is 11.7. The number of nitrogen functional groups attached to an aromatic ring is 1. The summed E-state index contributed by atoms with van der Waals surface area (Å²) in [7, 11) is 0. The van der Waals surface area contributed by atoms with Crippen LogP contribution in [0.25, 0.3) is 11.0 Å². The zero-order valence-corrected chi connectivity index (χ0v) is 9.50. The van der Waals surface area contributed by atoms with Crippen molar-refractivity contribution in [1.82, 2.24) is 19.9 Å². The van der Waals surface area contributed by atoms with E-state index in [2.05, 4.69) is 24.8 Å². The van der Waals surface area contributed by atoms with Crippen molar-refractivity contribution in [2.45, 2.75) is 19.3 Å². The zero-order valence-electron chi connectivity index (χ0n) is 9.50. The highest BCUT2D eigenvalue weighted by Gasteiger charge is 2.14. The molecule has 2 aromatic rings. The molecule has 1 fully saturated rings. The van der Waals surface area contributed by atoms with Gasteiger partial charge >= 0.3 is 0 Å². The maximum atomic E-state index is 5.74. The Balaban J connectivity index is 2.01. The van der Waals surface area contributed by atoms with Crippen molar-refractivity contribution in [3.8, 4) is 0 Å². The number of nitrogens with zero attached hydrogens (tertiary/aromatic N) is 5.